The van der Waals surface area contributed by atoms with Crippen molar-refractivity contribution in [2.75, 3.05) is 0 Å². The van der Waals surface area contributed by atoms with Crippen molar-refractivity contribution in [1.82, 2.24) is 14.4 Å². The van der Waals surface area contributed by atoms with E-state index in [9.17, 15) is 18.3 Å². The van der Waals surface area contributed by atoms with Gasteiger partial charge in [0.15, 0.2) is 17.1 Å². The molecule has 0 spiro atoms. The molecule has 0 aliphatic heterocycles. The number of rotatable bonds is 2. The maximum atomic E-state index is 12.3. The summed E-state index contributed by atoms with van der Waals surface area (Å²) in [5, 5.41) is 9.45. The third-order valence-corrected chi connectivity index (χ3v) is 2.80. The molecule has 2 heterocycles. The zero-order valence-corrected chi connectivity index (χ0v) is 10.4. The van der Waals surface area contributed by atoms with Crippen molar-refractivity contribution in [2.45, 2.75) is 6.36 Å². The number of phenolic OH excluding ortho intramolecular Hbond substituents is 1. The second-order valence-electron chi connectivity index (χ2n) is 4.18. The van der Waals surface area contributed by atoms with Crippen molar-refractivity contribution < 1.29 is 23.0 Å². The van der Waals surface area contributed by atoms with E-state index >= 15 is 0 Å². The van der Waals surface area contributed by atoms with E-state index in [0.29, 0.717) is 16.9 Å². The van der Waals surface area contributed by atoms with Crippen molar-refractivity contribution >= 4 is 5.65 Å². The van der Waals surface area contributed by atoms with Crippen LogP contribution in [0.4, 0.5) is 13.2 Å². The first kappa shape index (κ1) is 13.2. The molecule has 0 aliphatic rings. The highest BCUT2D eigenvalue weighted by atomic mass is 19.4. The summed E-state index contributed by atoms with van der Waals surface area (Å²) in [4.78, 5) is 8.00. The van der Waals surface area contributed by atoms with Gasteiger partial charge in [-0.15, -0.1) is 13.2 Å². The highest BCUT2D eigenvalue weighted by molar-refractivity contribution is 5.66. The minimum absolute atomic E-state index is 0.422. The number of benzene rings is 1. The summed E-state index contributed by atoms with van der Waals surface area (Å²) in [6.45, 7) is 0. The Morgan fingerprint density at radius 1 is 1.19 bits per heavy atom. The van der Waals surface area contributed by atoms with Crippen LogP contribution in [0.15, 0.2) is 43.0 Å². The molecular formula is C13H8F3N3O2. The largest absolute Gasteiger partial charge is 0.573 e. The molecule has 1 N–H and O–H groups in total. The van der Waals surface area contributed by atoms with Crippen LogP contribution in [0.5, 0.6) is 11.5 Å². The average molecular weight is 295 g/mol. The molecule has 3 rings (SSSR count). The number of imidazole rings is 1. The second-order valence-corrected chi connectivity index (χ2v) is 4.18. The van der Waals surface area contributed by atoms with Crippen LogP contribution in [0.2, 0.25) is 0 Å². The highest BCUT2D eigenvalue weighted by Gasteiger charge is 2.32. The van der Waals surface area contributed by atoms with E-state index in [1.54, 1.807) is 10.6 Å². The number of halogens is 3. The standard InChI is InChI=1S/C13H8F3N3O2/c14-13(15,16)21-11-5-8(1-2-10(11)20)9-6-18-12-7-17-3-4-19(9)12/h1-7,20H. The SMILES string of the molecule is Oc1ccc(-c2cnc3cnccn23)cc1OC(F)(F)F. The topological polar surface area (TPSA) is 59.7 Å². The minimum Gasteiger partial charge on any atom is -0.504 e. The van der Waals surface area contributed by atoms with Crippen LogP contribution in [-0.2, 0) is 0 Å². The van der Waals surface area contributed by atoms with E-state index in [0.717, 1.165) is 12.1 Å². The fourth-order valence-corrected chi connectivity index (χ4v) is 1.94. The molecule has 0 radical (unpaired) electrons. The lowest BCUT2D eigenvalue weighted by molar-refractivity contribution is -0.275. The molecule has 0 aliphatic carbocycles. The van der Waals surface area contributed by atoms with Gasteiger partial charge in [0, 0.05) is 18.0 Å². The molecule has 0 amide bonds. The Morgan fingerprint density at radius 2 is 2.00 bits per heavy atom. The van der Waals surface area contributed by atoms with Crippen LogP contribution in [0, 0.1) is 0 Å². The fraction of sp³-hybridized carbons (Fsp3) is 0.0769. The molecule has 0 atom stereocenters. The quantitative estimate of drug-likeness (QED) is 0.789. The Bertz CT molecular complexity index is 799. The van der Waals surface area contributed by atoms with E-state index in [1.165, 1.54) is 24.7 Å². The van der Waals surface area contributed by atoms with Crippen LogP contribution < -0.4 is 4.74 Å². The smallest absolute Gasteiger partial charge is 0.504 e. The van der Waals surface area contributed by atoms with E-state index in [1.807, 2.05) is 0 Å². The average Bonchev–Trinajstić information content (AvgIpc) is 2.84. The minimum atomic E-state index is -4.88. The van der Waals surface area contributed by atoms with Crippen LogP contribution >= 0.6 is 0 Å². The molecule has 8 heteroatoms. The van der Waals surface area contributed by atoms with Crippen molar-refractivity contribution in [3.05, 3.63) is 43.0 Å². The number of hydrogen-bond acceptors (Lipinski definition) is 4. The van der Waals surface area contributed by atoms with Crippen LogP contribution in [0.1, 0.15) is 0 Å². The molecule has 0 bridgehead atoms. The zero-order valence-electron chi connectivity index (χ0n) is 10.4. The second kappa shape index (κ2) is 4.65. The Hall–Kier alpha value is -2.77. The van der Waals surface area contributed by atoms with Crippen molar-refractivity contribution in [2.24, 2.45) is 0 Å². The molecule has 1 aromatic carbocycles. The van der Waals surface area contributed by atoms with Crippen molar-refractivity contribution in [1.29, 1.82) is 0 Å². The van der Waals surface area contributed by atoms with Gasteiger partial charge in [-0.2, -0.15) is 0 Å². The van der Waals surface area contributed by atoms with Gasteiger partial charge in [-0.1, -0.05) is 0 Å². The lowest BCUT2D eigenvalue weighted by Gasteiger charge is -2.11. The Kier molecular flexibility index (Phi) is 2.93. The molecule has 21 heavy (non-hydrogen) atoms. The molecule has 108 valence electrons. The van der Waals surface area contributed by atoms with Crippen LogP contribution in [0.25, 0.3) is 16.9 Å². The predicted molar refractivity (Wildman–Crippen MR) is 66.8 cm³/mol. The number of hydrogen-bond donors (Lipinski definition) is 1. The Morgan fingerprint density at radius 3 is 2.76 bits per heavy atom. The first-order valence-corrected chi connectivity index (χ1v) is 5.80. The van der Waals surface area contributed by atoms with Gasteiger partial charge < -0.3 is 9.84 Å². The number of aromatic nitrogens is 3. The summed E-state index contributed by atoms with van der Waals surface area (Å²) in [6.07, 6.45) is 1.32. The maximum absolute atomic E-state index is 12.3. The van der Waals surface area contributed by atoms with Gasteiger partial charge in [0.25, 0.3) is 0 Å². The van der Waals surface area contributed by atoms with E-state index in [2.05, 4.69) is 14.7 Å². The summed E-state index contributed by atoms with van der Waals surface area (Å²) in [6, 6.07) is 3.71. The number of fused-ring (bicyclic) bond motifs is 1. The molecule has 2 aromatic heterocycles. The van der Waals surface area contributed by atoms with E-state index in [-0.39, 0.29) is 0 Å². The van der Waals surface area contributed by atoms with Gasteiger partial charge >= 0.3 is 6.36 Å². The first-order chi connectivity index (χ1) is 9.94. The van der Waals surface area contributed by atoms with Gasteiger partial charge in [0.2, 0.25) is 0 Å². The number of aromatic hydroxyl groups is 1. The zero-order chi connectivity index (χ0) is 15.0. The summed E-state index contributed by atoms with van der Waals surface area (Å²) >= 11 is 0. The maximum Gasteiger partial charge on any atom is 0.573 e. The molecule has 0 saturated heterocycles. The Balaban J connectivity index is 2.09. The van der Waals surface area contributed by atoms with Crippen molar-refractivity contribution in [3.8, 4) is 22.8 Å². The number of alkyl halides is 3. The fourth-order valence-electron chi connectivity index (χ4n) is 1.94. The van der Waals surface area contributed by atoms with Crippen LogP contribution in [-0.4, -0.2) is 25.8 Å². The monoisotopic (exact) mass is 295 g/mol. The number of ether oxygens (including phenoxy) is 1. The van der Waals surface area contributed by atoms with Gasteiger partial charge in [0.05, 0.1) is 18.1 Å². The molecule has 5 nitrogen and oxygen atoms in total. The molecule has 3 aromatic rings. The third kappa shape index (κ3) is 2.60. The lowest BCUT2D eigenvalue weighted by Crippen LogP contribution is -2.17. The van der Waals surface area contributed by atoms with E-state index in [4.69, 9.17) is 0 Å². The number of nitrogens with zero attached hydrogens (tertiary/aromatic N) is 3. The lowest BCUT2D eigenvalue weighted by atomic mass is 10.1. The van der Waals surface area contributed by atoms with Gasteiger partial charge in [-0.25, -0.2) is 4.98 Å². The van der Waals surface area contributed by atoms with Crippen molar-refractivity contribution in [3.63, 3.8) is 0 Å². The number of phenols is 1. The molecule has 0 fully saturated rings. The van der Waals surface area contributed by atoms with Gasteiger partial charge in [-0.05, 0) is 18.2 Å². The normalized spacial score (nSPS) is 11.8. The highest BCUT2D eigenvalue weighted by Crippen LogP contribution is 2.35. The predicted octanol–water partition coefficient (Wildman–Crippen LogP) is 3.00. The molecule has 0 saturated carbocycles. The van der Waals surface area contributed by atoms with Gasteiger partial charge in [-0.3, -0.25) is 9.38 Å². The molecular weight excluding hydrogens is 287 g/mol. The van der Waals surface area contributed by atoms with Gasteiger partial charge in [0.1, 0.15) is 0 Å². The third-order valence-electron chi connectivity index (χ3n) is 2.80. The molecule has 0 unspecified atom stereocenters. The summed E-state index contributed by atoms with van der Waals surface area (Å²) < 4.78 is 42.3. The summed E-state index contributed by atoms with van der Waals surface area (Å²) in [7, 11) is 0. The summed E-state index contributed by atoms with van der Waals surface area (Å²) in [5.41, 5.74) is 1.53. The van der Waals surface area contributed by atoms with E-state index < -0.39 is 17.9 Å². The van der Waals surface area contributed by atoms with Crippen LogP contribution in [0.3, 0.4) is 0 Å². The summed E-state index contributed by atoms with van der Waals surface area (Å²) in [5.74, 6) is -1.25. The Labute approximate surface area is 116 Å². The first-order valence-electron chi connectivity index (χ1n) is 5.80.